The van der Waals surface area contributed by atoms with Crippen LogP contribution >= 0.6 is 34.7 Å². The molecule has 3 aromatic rings. The molecule has 0 saturated carbocycles. The molecule has 4 nitrogen and oxygen atoms in total. The first kappa shape index (κ1) is 21.5. The van der Waals surface area contributed by atoms with Crippen molar-refractivity contribution < 1.29 is 4.79 Å². The van der Waals surface area contributed by atoms with Gasteiger partial charge in [-0.2, -0.15) is 0 Å². The second-order valence-corrected chi connectivity index (χ2v) is 10.3. The number of thioether (sulfide) groups is 1. The number of thiazole rings is 1. The maximum absolute atomic E-state index is 12.6. The van der Waals surface area contributed by atoms with Crippen LogP contribution in [0.3, 0.4) is 0 Å². The van der Waals surface area contributed by atoms with Crippen LogP contribution in [0.25, 0.3) is 10.2 Å². The number of amides is 1. The highest BCUT2D eigenvalue weighted by molar-refractivity contribution is 7.99. The predicted octanol–water partition coefficient (Wildman–Crippen LogP) is 5.79. The number of carbonyl (C=O) groups is 1. The maximum atomic E-state index is 12.6. The van der Waals surface area contributed by atoms with Gasteiger partial charge in [-0.25, -0.2) is 4.98 Å². The number of benzene rings is 2. The molecule has 0 atom stereocenters. The van der Waals surface area contributed by atoms with Gasteiger partial charge in [-0.1, -0.05) is 22.9 Å². The van der Waals surface area contributed by atoms with E-state index in [-0.39, 0.29) is 5.91 Å². The average molecular weight is 460 g/mol. The Kier molecular flexibility index (Phi) is 6.86. The fourth-order valence-corrected chi connectivity index (χ4v) is 5.63. The molecule has 0 unspecified atom stereocenters. The SMILES string of the molecule is Cc1cc2nc(N3CCN(C(=O)CCCSc4ccc(Cl)cc4)CC3)sc2cc1C. The van der Waals surface area contributed by atoms with E-state index >= 15 is 0 Å². The number of anilines is 1. The first-order chi connectivity index (χ1) is 14.5. The summed E-state index contributed by atoms with van der Waals surface area (Å²) in [6.45, 7) is 7.53. The Morgan fingerprint density at radius 3 is 2.53 bits per heavy atom. The number of aromatic nitrogens is 1. The summed E-state index contributed by atoms with van der Waals surface area (Å²) < 4.78 is 1.24. The Bertz CT molecular complexity index is 988. The first-order valence-corrected chi connectivity index (χ1v) is 12.5. The molecular formula is C23H26ClN3OS2. The van der Waals surface area contributed by atoms with E-state index in [1.54, 1.807) is 23.1 Å². The van der Waals surface area contributed by atoms with Crippen LogP contribution in [0.15, 0.2) is 41.3 Å². The van der Waals surface area contributed by atoms with Gasteiger partial charge < -0.3 is 9.80 Å². The van der Waals surface area contributed by atoms with Crippen molar-refractivity contribution in [3.8, 4) is 0 Å². The Labute approximate surface area is 191 Å². The summed E-state index contributed by atoms with van der Waals surface area (Å²) in [7, 11) is 0. The number of rotatable bonds is 6. The molecule has 0 radical (unpaired) electrons. The zero-order chi connectivity index (χ0) is 21.1. The Balaban J connectivity index is 1.24. The third-order valence-electron chi connectivity index (χ3n) is 5.51. The molecule has 0 aliphatic carbocycles. The minimum atomic E-state index is 0.266. The number of aryl methyl sites for hydroxylation is 2. The van der Waals surface area contributed by atoms with Crippen molar-refractivity contribution in [3.63, 3.8) is 0 Å². The van der Waals surface area contributed by atoms with E-state index in [1.165, 1.54) is 20.7 Å². The van der Waals surface area contributed by atoms with Crippen LogP contribution in [0.5, 0.6) is 0 Å². The Morgan fingerprint density at radius 1 is 1.10 bits per heavy atom. The minimum Gasteiger partial charge on any atom is -0.345 e. The Morgan fingerprint density at radius 2 is 1.80 bits per heavy atom. The molecule has 0 spiro atoms. The van der Waals surface area contributed by atoms with Gasteiger partial charge in [-0.15, -0.1) is 11.8 Å². The highest BCUT2D eigenvalue weighted by atomic mass is 35.5. The molecule has 1 aromatic heterocycles. The van der Waals surface area contributed by atoms with Gasteiger partial charge in [-0.05, 0) is 73.5 Å². The Hall–Kier alpha value is -1.76. The lowest BCUT2D eigenvalue weighted by molar-refractivity contribution is -0.131. The minimum absolute atomic E-state index is 0.266. The van der Waals surface area contributed by atoms with Crippen LogP contribution in [0, 0.1) is 13.8 Å². The van der Waals surface area contributed by atoms with E-state index in [9.17, 15) is 4.79 Å². The molecule has 7 heteroatoms. The van der Waals surface area contributed by atoms with E-state index in [1.807, 2.05) is 29.2 Å². The summed E-state index contributed by atoms with van der Waals surface area (Å²) in [6.07, 6.45) is 1.50. The van der Waals surface area contributed by atoms with Crippen molar-refractivity contribution in [2.24, 2.45) is 0 Å². The fraction of sp³-hybridized carbons (Fsp3) is 0.391. The maximum Gasteiger partial charge on any atom is 0.222 e. The van der Waals surface area contributed by atoms with Gasteiger partial charge in [0.15, 0.2) is 5.13 Å². The second-order valence-electron chi connectivity index (χ2n) is 7.67. The lowest BCUT2D eigenvalue weighted by Crippen LogP contribution is -2.48. The smallest absolute Gasteiger partial charge is 0.222 e. The first-order valence-electron chi connectivity index (χ1n) is 10.3. The number of hydrogen-bond acceptors (Lipinski definition) is 5. The molecule has 1 aliphatic rings. The van der Waals surface area contributed by atoms with Gasteiger partial charge in [0.25, 0.3) is 0 Å². The van der Waals surface area contributed by atoms with E-state index < -0.39 is 0 Å². The molecule has 0 bridgehead atoms. The van der Waals surface area contributed by atoms with Gasteiger partial charge in [-0.3, -0.25) is 4.79 Å². The van der Waals surface area contributed by atoms with Crippen molar-refractivity contribution in [1.29, 1.82) is 0 Å². The van der Waals surface area contributed by atoms with Gasteiger partial charge in [0.1, 0.15) is 0 Å². The van der Waals surface area contributed by atoms with Gasteiger partial charge >= 0.3 is 0 Å². The molecular weight excluding hydrogens is 434 g/mol. The van der Waals surface area contributed by atoms with Crippen molar-refractivity contribution in [2.45, 2.75) is 31.6 Å². The van der Waals surface area contributed by atoms with E-state index in [2.05, 4.69) is 30.9 Å². The van der Waals surface area contributed by atoms with Crippen molar-refractivity contribution in [3.05, 3.63) is 52.5 Å². The summed E-state index contributed by atoms with van der Waals surface area (Å²) in [5.74, 6) is 1.21. The van der Waals surface area contributed by atoms with Crippen LogP contribution in [0.2, 0.25) is 5.02 Å². The molecule has 30 heavy (non-hydrogen) atoms. The van der Waals surface area contributed by atoms with E-state index in [0.29, 0.717) is 6.42 Å². The topological polar surface area (TPSA) is 36.4 Å². The lowest BCUT2D eigenvalue weighted by atomic mass is 10.1. The van der Waals surface area contributed by atoms with Gasteiger partial charge in [0.2, 0.25) is 5.91 Å². The van der Waals surface area contributed by atoms with Gasteiger partial charge in [0, 0.05) is 42.5 Å². The largest absolute Gasteiger partial charge is 0.345 e. The molecule has 1 saturated heterocycles. The van der Waals surface area contributed by atoms with Crippen LogP contribution in [0.4, 0.5) is 5.13 Å². The molecule has 4 rings (SSSR count). The van der Waals surface area contributed by atoms with Crippen molar-refractivity contribution >= 4 is 56.0 Å². The summed E-state index contributed by atoms with van der Waals surface area (Å²) >= 11 is 9.44. The third-order valence-corrected chi connectivity index (χ3v) is 7.94. The molecule has 1 fully saturated rings. The normalized spacial score (nSPS) is 14.5. The average Bonchev–Trinajstić information content (AvgIpc) is 3.15. The number of fused-ring (bicyclic) bond motifs is 1. The van der Waals surface area contributed by atoms with Gasteiger partial charge in [0.05, 0.1) is 10.2 Å². The molecule has 1 aliphatic heterocycles. The quantitative estimate of drug-likeness (QED) is 0.345. The number of piperazine rings is 1. The van der Waals surface area contributed by atoms with Crippen molar-refractivity contribution in [2.75, 3.05) is 36.8 Å². The van der Waals surface area contributed by atoms with E-state index in [4.69, 9.17) is 16.6 Å². The zero-order valence-corrected chi connectivity index (χ0v) is 19.7. The zero-order valence-electron chi connectivity index (χ0n) is 17.4. The second kappa shape index (κ2) is 9.58. The summed E-state index contributed by atoms with van der Waals surface area (Å²) in [5.41, 5.74) is 3.67. The molecule has 158 valence electrons. The number of nitrogens with zero attached hydrogens (tertiary/aromatic N) is 3. The number of hydrogen-bond donors (Lipinski definition) is 0. The summed E-state index contributed by atoms with van der Waals surface area (Å²) in [4.78, 5) is 22.9. The third kappa shape index (κ3) is 5.10. The number of halogens is 1. The monoisotopic (exact) mass is 459 g/mol. The molecule has 0 N–H and O–H groups in total. The molecule has 2 aromatic carbocycles. The standard InChI is InChI=1S/C23H26ClN3OS2/c1-16-14-20-21(15-17(16)2)30-23(25-20)27-11-9-26(10-12-27)22(28)4-3-13-29-19-7-5-18(24)6-8-19/h5-8,14-15H,3-4,9-13H2,1-2H3. The molecule has 1 amide bonds. The number of carbonyl (C=O) groups excluding carboxylic acids is 1. The lowest BCUT2D eigenvalue weighted by Gasteiger charge is -2.34. The highest BCUT2D eigenvalue weighted by Gasteiger charge is 2.23. The van der Waals surface area contributed by atoms with Crippen LogP contribution in [-0.4, -0.2) is 47.7 Å². The summed E-state index contributed by atoms with van der Waals surface area (Å²) in [6, 6.07) is 12.3. The van der Waals surface area contributed by atoms with Crippen molar-refractivity contribution in [1.82, 2.24) is 9.88 Å². The van der Waals surface area contributed by atoms with Crippen LogP contribution in [-0.2, 0) is 4.79 Å². The van der Waals surface area contributed by atoms with Crippen LogP contribution in [0.1, 0.15) is 24.0 Å². The summed E-state index contributed by atoms with van der Waals surface area (Å²) in [5, 5.41) is 1.83. The highest BCUT2D eigenvalue weighted by Crippen LogP contribution is 2.31. The molecule has 2 heterocycles. The van der Waals surface area contributed by atoms with E-state index in [0.717, 1.165) is 54.0 Å². The fourth-order valence-electron chi connectivity index (χ4n) is 3.55. The predicted molar refractivity (Wildman–Crippen MR) is 129 cm³/mol. The van der Waals surface area contributed by atoms with Crippen LogP contribution < -0.4 is 4.90 Å².